The van der Waals surface area contributed by atoms with E-state index in [1.165, 1.54) is 25.3 Å². The zero-order chi connectivity index (χ0) is 26.0. The van der Waals surface area contributed by atoms with Crippen LogP contribution in [0.25, 0.3) is 0 Å². The molecule has 12 heteroatoms. The second-order valence-corrected chi connectivity index (χ2v) is 6.94. The molecule has 0 N–H and O–H groups in total. The normalized spacial score (nSPS) is 9.94. The number of benzene rings is 2. The summed E-state index contributed by atoms with van der Waals surface area (Å²) in [5.41, 5.74) is 1.40. The molecule has 0 aliphatic carbocycles. The molecule has 182 valence electrons. The first kappa shape index (κ1) is 27.7. The molecule has 0 spiro atoms. The average molecular weight is 476 g/mol. The zero-order valence-electron chi connectivity index (χ0n) is 19.2. The van der Waals surface area contributed by atoms with E-state index in [0.717, 1.165) is 19.8 Å². The number of aryl methyl sites for hydroxylation is 2. The van der Waals surface area contributed by atoms with Gasteiger partial charge >= 0.3 is 17.9 Å². The van der Waals surface area contributed by atoms with E-state index in [4.69, 9.17) is 0 Å². The molecule has 0 saturated heterocycles. The maximum absolute atomic E-state index is 11.6. The summed E-state index contributed by atoms with van der Waals surface area (Å²) in [6.07, 6.45) is -0.0763. The number of carbonyl (C=O) groups excluding carboxylic acids is 3. The SMILES string of the molecule is COC(=O)C(C(=O)OC)c1ccc(C)cc1[N+](=O)[O-].COC(=O)Cc1ccc(C)cc1[N+](=O)[O-]. The molecule has 0 unspecified atom stereocenters. The van der Waals surface area contributed by atoms with Crippen LogP contribution in [0.15, 0.2) is 36.4 Å². The van der Waals surface area contributed by atoms with Crippen molar-refractivity contribution in [2.45, 2.75) is 26.2 Å². The van der Waals surface area contributed by atoms with Crippen LogP contribution >= 0.6 is 0 Å². The molecule has 0 aliphatic rings. The van der Waals surface area contributed by atoms with E-state index >= 15 is 0 Å². The van der Waals surface area contributed by atoms with Crippen LogP contribution < -0.4 is 0 Å². The van der Waals surface area contributed by atoms with Crippen molar-refractivity contribution in [1.29, 1.82) is 0 Å². The number of nitro benzene ring substituents is 2. The maximum Gasteiger partial charge on any atom is 0.324 e. The minimum absolute atomic E-state index is 0.0413. The first-order chi connectivity index (χ1) is 16.0. The number of hydrogen-bond donors (Lipinski definition) is 0. The highest BCUT2D eigenvalue weighted by Crippen LogP contribution is 2.29. The molecule has 0 amide bonds. The second-order valence-electron chi connectivity index (χ2n) is 6.94. The number of rotatable bonds is 7. The van der Waals surface area contributed by atoms with Crippen LogP contribution in [0.3, 0.4) is 0 Å². The number of ether oxygens (including phenoxy) is 3. The molecule has 0 radical (unpaired) electrons. The van der Waals surface area contributed by atoms with E-state index in [9.17, 15) is 34.6 Å². The van der Waals surface area contributed by atoms with E-state index in [2.05, 4.69) is 14.2 Å². The molecule has 2 aromatic rings. The predicted octanol–water partition coefficient (Wildman–Crippen LogP) is 2.95. The van der Waals surface area contributed by atoms with Gasteiger partial charge in [0.05, 0.1) is 43.2 Å². The van der Waals surface area contributed by atoms with Gasteiger partial charge in [-0.15, -0.1) is 0 Å². The predicted molar refractivity (Wildman–Crippen MR) is 118 cm³/mol. The van der Waals surface area contributed by atoms with E-state index in [1.54, 1.807) is 32.0 Å². The minimum atomic E-state index is -1.46. The van der Waals surface area contributed by atoms with E-state index in [-0.39, 0.29) is 23.4 Å². The summed E-state index contributed by atoms with van der Waals surface area (Å²) in [4.78, 5) is 54.8. The first-order valence-corrected chi connectivity index (χ1v) is 9.68. The van der Waals surface area contributed by atoms with Gasteiger partial charge < -0.3 is 14.2 Å². The summed E-state index contributed by atoms with van der Waals surface area (Å²) in [6.45, 7) is 3.43. The van der Waals surface area contributed by atoms with Crippen LogP contribution in [-0.4, -0.2) is 49.1 Å². The van der Waals surface area contributed by atoms with Crippen molar-refractivity contribution in [2.75, 3.05) is 21.3 Å². The Balaban J connectivity index is 0.000000350. The number of esters is 3. The third-order valence-corrected chi connectivity index (χ3v) is 4.57. The lowest BCUT2D eigenvalue weighted by Gasteiger charge is -2.13. The lowest BCUT2D eigenvalue weighted by Crippen LogP contribution is -2.25. The molecular formula is C22H24N2O10. The lowest BCUT2D eigenvalue weighted by atomic mass is 9.96. The fraction of sp³-hybridized carbons (Fsp3) is 0.318. The van der Waals surface area contributed by atoms with E-state index in [0.29, 0.717) is 11.1 Å². The van der Waals surface area contributed by atoms with E-state index in [1.807, 2.05) is 0 Å². The number of hydrogen-bond acceptors (Lipinski definition) is 10. The Hall–Kier alpha value is -4.35. The van der Waals surface area contributed by atoms with Gasteiger partial charge in [0.15, 0.2) is 5.92 Å². The molecular weight excluding hydrogens is 452 g/mol. The van der Waals surface area contributed by atoms with Crippen molar-refractivity contribution in [3.05, 3.63) is 78.9 Å². The quantitative estimate of drug-likeness (QED) is 0.191. The molecule has 0 fully saturated rings. The zero-order valence-corrected chi connectivity index (χ0v) is 19.2. The summed E-state index contributed by atoms with van der Waals surface area (Å²) in [5, 5.41) is 21.7. The van der Waals surface area contributed by atoms with Crippen molar-refractivity contribution in [3.8, 4) is 0 Å². The lowest BCUT2D eigenvalue weighted by molar-refractivity contribution is -0.385. The Morgan fingerprint density at radius 3 is 1.71 bits per heavy atom. The Kier molecular flexibility index (Phi) is 10.3. The van der Waals surface area contributed by atoms with Crippen LogP contribution in [0.4, 0.5) is 11.4 Å². The minimum Gasteiger partial charge on any atom is -0.469 e. The van der Waals surface area contributed by atoms with Gasteiger partial charge in [-0.05, 0) is 25.0 Å². The topological polar surface area (TPSA) is 165 Å². The van der Waals surface area contributed by atoms with Crippen LogP contribution in [0, 0.1) is 34.1 Å². The van der Waals surface area contributed by atoms with E-state index < -0.39 is 33.7 Å². The van der Waals surface area contributed by atoms with Gasteiger partial charge in [0, 0.05) is 17.7 Å². The second kappa shape index (κ2) is 12.6. The third kappa shape index (κ3) is 7.36. The molecule has 0 aromatic heterocycles. The van der Waals surface area contributed by atoms with Crippen LogP contribution in [0.2, 0.25) is 0 Å². The van der Waals surface area contributed by atoms with Crippen LogP contribution in [0.5, 0.6) is 0 Å². The standard InChI is InChI=1S/C12H13NO6.C10H11NO4/c1-7-4-5-8(9(6-7)13(16)17)10(11(14)18-2)12(15)19-3;1-7-3-4-8(6-10(12)15-2)9(5-7)11(13)14/h4-6,10H,1-3H3;3-5H,6H2,1-2H3. The van der Waals surface area contributed by atoms with Gasteiger partial charge in [0.25, 0.3) is 11.4 Å². The van der Waals surface area contributed by atoms with Gasteiger partial charge in [0.1, 0.15) is 0 Å². The van der Waals surface area contributed by atoms with Crippen molar-refractivity contribution in [2.24, 2.45) is 0 Å². The number of methoxy groups -OCH3 is 3. The number of nitrogens with zero attached hydrogens (tertiary/aromatic N) is 2. The Morgan fingerprint density at radius 1 is 0.794 bits per heavy atom. The number of carbonyl (C=O) groups is 3. The summed E-state index contributed by atoms with van der Waals surface area (Å²) >= 11 is 0. The van der Waals surface area contributed by atoms with Crippen molar-refractivity contribution in [1.82, 2.24) is 0 Å². The van der Waals surface area contributed by atoms with Crippen LogP contribution in [0.1, 0.15) is 28.2 Å². The summed E-state index contributed by atoms with van der Waals surface area (Å²) < 4.78 is 13.4. The third-order valence-electron chi connectivity index (χ3n) is 4.57. The maximum atomic E-state index is 11.6. The smallest absolute Gasteiger partial charge is 0.324 e. The Bertz CT molecular complexity index is 1080. The van der Waals surface area contributed by atoms with Gasteiger partial charge in [-0.2, -0.15) is 0 Å². The summed E-state index contributed by atoms with van der Waals surface area (Å²) in [6, 6.07) is 8.95. The molecule has 0 heterocycles. The van der Waals surface area contributed by atoms with Crippen LogP contribution in [-0.2, 0) is 35.0 Å². The van der Waals surface area contributed by atoms with Gasteiger partial charge in [-0.25, -0.2) is 0 Å². The number of nitro groups is 2. The molecule has 12 nitrogen and oxygen atoms in total. The molecule has 0 bridgehead atoms. The molecule has 0 aliphatic heterocycles. The highest BCUT2D eigenvalue weighted by atomic mass is 16.6. The first-order valence-electron chi connectivity index (χ1n) is 9.68. The molecule has 2 rings (SSSR count). The van der Waals surface area contributed by atoms with Gasteiger partial charge in [-0.1, -0.05) is 24.3 Å². The molecule has 0 atom stereocenters. The monoisotopic (exact) mass is 476 g/mol. The van der Waals surface area contributed by atoms with Crippen molar-refractivity contribution >= 4 is 29.3 Å². The Morgan fingerprint density at radius 2 is 1.26 bits per heavy atom. The highest BCUT2D eigenvalue weighted by Gasteiger charge is 2.36. The van der Waals surface area contributed by atoms with Gasteiger partial charge in [0.2, 0.25) is 0 Å². The molecule has 0 saturated carbocycles. The molecule has 2 aromatic carbocycles. The fourth-order valence-electron chi connectivity index (χ4n) is 2.86. The average Bonchev–Trinajstić information content (AvgIpc) is 2.80. The summed E-state index contributed by atoms with van der Waals surface area (Å²) in [7, 11) is 3.44. The van der Waals surface area contributed by atoms with Crippen molar-refractivity contribution < 1.29 is 38.4 Å². The van der Waals surface area contributed by atoms with Crippen molar-refractivity contribution in [3.63, 3.8) is 0 Å². The highest BCUT2D eigenvalue weighted by molar-refractivity contribution is 6.01. The van der Waals surface area contributed by atoms with Gasteiger partial charge in [-0.3, -0.25) is 34.6 Å². The fourth-order valence-corrected chi connectivity index (χ4v) is 2.86. The largest absolute Gasteiger partial charge is 0.469 e. The Labute approximate surface area is 194 Å². The molecule has 34 heavy (non-hydrogen) atoms. The summed E-state index contributed by atoms with van der Waals surface area (Å²) in [5.74, 6) is -3.75.